The van der Waals surface area contributed by atoms with E-state index in [1.165, 1.54) is 11.1 Å². The van der Waals surface area contributed by atoms with Crippen molar-refractivity contribution >= 4 is 0 Å². The summed E-state index contributed by atoms with van der Waals surface area (Å²) < 4.78 is 14.7. The number of hydrogen-bond acceptors (Lipinski definition) is 4. The third-order valence-electron chi connectivity index (χ3n) is 5.88. The molecule has 2 aromatic carbocycles. The Labute approximate surface area is 204 Å². The Kier molecular flexibility index (Phi) is 7.85. The second kappa shape index (κ2) is 10.8. The van der Waals surface area contributed by atoms with Gasteiger partial charge in [-0.05, 0) is 0 Å². The van der Waals surface area contributed by atoms with Gasteiger partial charge in [-0.15, -0.1) is 0 Å². The van der Waals surface area contributed by atoms with Crippen LogP contribution in [0.5, 0.6) is 11.5 Å². The van der Waals surface area contributed by atoms with E-state index in [1.54, 1.807) is 0 Å². The van der Waals surface area contributed by atoms with Crippen LogP contribution in [-0.4, -0.2) is 38.0 Å². The summed E-state index contributed by atoms with van der Waals surface area (Å²) in [6.07, 6.45) is 17.6. The van der Waals surface area contributed by atoms with Crippen molar-refractivity contribution in [3.63, 3.8) is 0 Å². The first-order valence-electron chi connectivity index (χ1n) is 11.5. The fourth-order valence-corrected chi connectivity index (χ4v) is 13.3. The van der Waals surface area contributed by atoms with Gasteiger partial charge in [-0.25, -0.2) is 0 Å². The van der Waals surface area contributed by atoms with Gasteiger partial charge in [0.25, 0.3) is 0 Å². The van der Waals surface area contributed by atoms with Gasteiger partial charge < -0.3 is 0 Å². The molecule has 0 aliphatic heterocycles. The van der Waals surface area contributed by atoms with Crippen LogP contribution in [0.25, 0.3) is 0 Å². The van der Waals surface area contributed by atoms with Crippen molar-refractivity contribution < 1.29 is 26.8 Å². The van der Waals surface area contributed by atoms with Gasteiger partial charge in [0, 0.05) is 0 Å². The van der Waals surface area contributed by atoms with Gasteiger partial charge in [0.1, 0.15) is 0 Å². The topological polar surface area (TPSA) is 24.9 Å². The Morgan fingerprint density at radius 1 is 0.606 bits per heavy atom. The van der Waals surface area contributed by atoms with Crippen LogP contribution in [0.2, 0.25) is 7.25 Å². The number of rotatable bonds is 10. The Morgan fingerprint density at radius 2 is 0.970 bits per heavy atom. The molecule has 0 heterocycles. The van der Waals surface area contributed by atoms with Gasteiger partial charge in [0.15, 0.2) is 0 Å². The molecule has 4 nitrogen and oxygen atoms in total. The Balaban J connectivity index is 1.81. The van der Waals surface area contributed by atoms with E-state index in [1.807, 2.05) is 0 Å². The van der Waals surface area contributed by atoms with E-state index >= 15 is 0 Å². The second-order valence-electron chi connectivity index (χ2n) is 9.21. The molecule has 0 saturated heterocycles. The second-order valence-corrected chi connectivity index (χ2v) is 17.0. The van der Waals surface area contributed by atoms with Crippen molar-refractivity contribution in [2.24, 2.45) is 0 Å². The summed E-state index contributed by atoms with van der Waals surface area (Å²) in [6.45, 7) is 1.64. The van der Waals surface area contributed by atoms with Gasteiger partial charge in [-0.3, -0.25) is 0 Å². The minimum absolute atomic E-state index is 0.163. The predicted octanol–water partition coefficient (Wildman–Crippen LogP) is 6.08. The van der Waals surface area contributed by atoms with Crippen LogP contribution in [0.3, 0.4) is 0 Å². The monoisotopic (exact) mass is 520 g/mol. The van der Waals surface area contributed by atoms with Crippen LogP contribution in [0.15, 0.2) is 97.1 Å². The summed E-state index contributed by atoms with van der Waals surface area (Å²) in [4.78, 5) is 4.36. The molecule has 4 rings (SSSR count). The molecule has 0 radical (unpaired) electrons. The molecule has 0 amide bonds. The summed E-state index contributed by atoms with van der Waals surface area (Å²) in [5.74, 6) is 1.88. The average molecular weight is 522 g/mol. The number of benzene rings is 2. The van der Waals surface area contributed by atoms with E-state index in [9.17, 15) is 0 Å². The normalized spacial score (nSPS) is 15.9. The molecule has 2 aliphatic rings. The van der Waals surface area contributed by atoms with Crippen molar-refractivity contribution in [3.05, 3.63) is 108 Å². The van der Waals surface area contributed by atoms with E-state index < -0.39 is 21.1 Å². The zero-order chi connectivity index (χ0) is 23.3. The minimum atomic E-state index is -3.98. The van der Waals surface area contributed by atoms with Crippen LogP contribution in [0, 0.1) is 0 Å². The predicted molar refractivity (Wildman–Crippen MR) is 133 cm³/mol. The molecule has 0 N–H and O–H groups in total. The molecular formula is C28H34N2O2Zr. The summed E-state index contributed by atoms with van der Waals surface area (Å²) in [6, 6.07) is 16.8. The van der Waals surface area contributed by atoms with Crippen molar-refractivity contribution in [1.82, 2.24) is 9.80 Å². The molecule has 0 unspecified atom stereocenters. The zero-order valence-electron chi connectivity index (χ0n) is 20.0. The summed E-state index contributed by atoms with van der Waals surface area (Å²) in [5, 5.41) is 0. The number of nitrogens with zero attached hydrogens (tertiary/aromatic N) is 2. The third-order valence-corrected chi connectivity index (χ3v) is 15.0. The summed E-state index contributed by atoms with van der Waals surface area (Å²) in [5.41, 5.74) is 2.37. The van der Waals surface area contributed by atoms with E-state index in [4.69, 9.17) is 5.63 Å². The Morgan fingerprint density at radius 3 is 1.33 bits per heavy atom. The van der Waals surface area contributed by atoms with Crippen molar-refractivity contribution in [2.45, 2.75) is 20.3 Å². The van der Waals surface area contributed by atoms with Gasteiger partial charge in [-0.1, -0.05) is 0 Å². The van der Waals surface area contributed by atoms with Crippen LogP contribution in [0.1, 0.15) is 11.1 Å². The maximum atomic E-state index is 7.21. The van der Waals surface area contributed by atoms with Crippen LogP contribution in [0.4, 0.5) is 0 Å². The first kappa shape index (κ1) is 23.9. The van der Waals surface area contributed by atoms with Crippen LogP contribution in [-0.2, 0) is 34.2 Å². The number of allylic oxidation sites excluding steroid dienone is 8. The van der Waals surface area contributed by atoms with Gasteiger partial charge in [0.05, 0.1) is 0 Å². The number of para-hydroxylation sites is 2. The van der Waals surface area contributed by atoms with Gasteiger partial charge >= 0.3 is 205 Å². The molecule has 0 atom stereocenters. The molecule has 5 heteroatoms. The van der Waals surface area contributed by atoms with Gasteiger partial charge in [0.2, 0.25) is 0 Å². The molecular weight excluding hydrogens is 488 g/mol. The Bertz CT molecular complexity index is 962. The number of hydrogen-bond donors (Lipinski definition) is 0. The van der Waals surface area contributed by atoms with Gasteiger partial charge in [-0.2, -0.15) is 0 Å². The molecule has 33 heavy (non-hydrogen) atoms. The fourth-order valence-electron chi connectivity index (χ4n) is 4.41. The SMILES string of the molecule is CN(C)Cc1ccccc1[O][Zr]([O]c1ccccc1CN(C)C)([CH]1C=CC=C1)[CH]1C=CC=C1. The standard InChI is InChI=1S/2C9H13NO.2C5H5.Zr/c2*1-10(2)7-8-5-3-4-6-9(8)11;2*1-2-4-5-3-1;/h2*3-6,11H,7H2,1-2H3;2*1-5H;/q;;;;+2/p-2. The fraction of sp³-hybridized carbons (Fsp3) is 0.286. The molecule has 0 aromatic heterocycles. The zero-order valence-corrected chi connectivity index (χ0v) is 22.5. The molecule has 0 bridgehead atoms. The van der Waals surface area contributed by atoms with E-state index in [0.717, 1.165) is 24.6 Å². The molecule has 2 aromatic rings. The maximum absolute atomic E-state index is 7.21. The first-order valence-corrected chi connectivity index (χ1v) is 16.4. The summed E-state index contributed by atoms with van der Waals surface area (Å²) in [7, 11) is 8.36. The van der Waals surface area contributed by atoms with Crippen molar-refractivity contribution in [1.29, 1.82) is 0 Å². The van der Waals surface area contributed by atoms with Crippen LogP contribution < -0.4 is 5.63 Å². The summed E-state index contributed by atoms with van der Waals surface area (Å²) >= 11 is -3.98. The van der Waals surface area contributed by atoms with E-state index in [-0.39, 0.29) is 7.25 Å². The molecule has 172 valence electrons. The third kappa shape index (κ3) is 5.66. The molecule has 0 saturated carbocycles. The molecule has 2 aliphatic carbocycles. The first-order chi connectivity index (χ1) is 16.0. The average Bonchev–Trinajstić information content (AvgIpc) is 3.50. The molecule has 0 spiro atoms. The quantitative estimate of drug-likeness (QED) is 0.378. The van der Waals surface area contributed by atoms with Crippen molar-refractivity contribution in [2.75, 3.05) is 28.2 Å². The molecule has 0 fully saturated rings. The van der Waals surface area contributed by atoms with Crippen molar-refractivity contribution in [3.8, 4) is 11.5 Å². The van der Waals surface area contributed by atoms with E-state index in [2.05, 4.69) is 135 Å². The van der Waals surface area contributed by atoms with Crippen LogP contribution >= 0.6 is 0 Å². The Hall–Kier alpha value is -2.20. The van der Waals surface area contributed by atoms with E-state index in [0.29, 0.717) is 0 Å².